The van der Waals surface area contributed by atoms with Crippen molar-refractivity contribution in [3.8, 4) is 11.8 Å². The van der Waals surface area contributed by atoms with E-state index in [2.05, 4.69) is 20.9 Å². The summed E-state index contributed by atoms with van der Waals surface area (Å²) in [5.74, 6) is 0. The topological polar surface area (TPSA) is 61.6 Å². The molecule has 4 nitrogen and oxygen atoms in total. The van der Waals surface area contributed by atoms with Crippen molar-refractivity contribution in [2.45, 2.75) is 0 Å². The zero-order valence-corrected chi connectivity index (χ0v) is 9.15. The zero-order chi connectivity index (χ0) is 10.8. The lowest BCUT2D eigenvalue weighted by Crippen LogP contribution is -2.14. The van der Waals surface area contributed by atoms with Crippen molar-refractivity contribution in [3.05, 3.63) is 51.1 Å². The number of rotatable bonds is 1. The van der Waals surface area contributed by atoms with E-state index in [-0.39, 0.29) is 5.69 Å². The van der Waals surface area contributed by atoms with Crippen LogP contribution in [0.15, 0.2) is 39.9 Å². The molecule has 0 saturated heterocycles. The van der Waals surface area contributed by atoms with E-state index < -0.39 is 0 Å². The standard InChI is InChI=1S/C10H6BrN3O/c11-9-6-13-10(15)14(9)8-3-1-7(5-12)2-4-8/h1-4,6H,(H,13,15). The largest absolute Gasteiger partial charge is 0.331 e. The normalized spacial score (nSPS) is 9.87. The predicted octanol–water partition coefficient (Wildman–Crippen LogP) is 1.80. The van der Waals surface area contributed by atoms with Crippen LogP contribution < -0.4 is 5.69 Å². The maximum absolute atomic E-state index is 11.4. The van der Waals surface area contributed by atoms with Gasteiger partial charge in [0, 0.05) is 6.20 Å². The average molecular weight is 264 g/mol. The Morgan fingerprint density at radius 3 is 2.47 bits per heavy atom. The maximum Gasteiger partial charge on any atom is 0.331 e. The molecule has 0 atom stereocenters. The third kappa shape index (κ3) is 1.72. The summed E-state index contributed by atoms with van der Waals surface area (Å²) in [5, 5.41) is 8.63. The molecule has 0 spiro atoms. The highest BCUT2D eigenvalue weighted by atomic mass is 79.9. The van der Waals surface area contributed by atoms with E-state index in [9.17, 15) is 4.79 Å². The maximum atomic E-state index is 11.4. The summed E-state index contributed by atoms with van der Waals surface area (Å²) >= 11 is 3.26. The van der Waals surface area contributed by atoms with Crippen LogP contribution >= 0.6 is 15.9 Å². The SMILES string of the molecule is N#Cc1ccc(-n2c(Br)c[nH]c2=O)cc1. The van der Waals surface area contributed by atoms with Gasteiger partial charge in [0.2, 0.25) is 0 Å². The Labute approximate surface area is 93.9 Å². The third-order valence-corrected chi connectivity index (χ3v) is 2.57. The molecule has 0 fully saturated rings. The van der Waals surface area contributed by atoms with Crippen molar-refractivity contribution in [2.75, 3.05) is 0 Å². The van der Waals surface area contributed by atoms with Crippen LogP contribution in [0.1, 0.15) is 5.56 Å². The van der Waals surface area contributed by atoms with Gasteiger partial charge in [-0.15, -0.1) is 0 Å². The number of aromatic nitrogens is 2. The summed E-state index contributed by atoms with van der Waals surface area (Å²) in [6.45, 7) is 0. The van der Waals surface area contributed by atoms with E-state index in [1.807, 2.05) is 6.07 Å². The van der Waals surface area contributed by atoms with Gasteiger partial charge in [-0.3, -0.25) is 4.57 Å². The van der Waals surface area contributed by atoms with Gasteiger partial charge in [0.15, 0.2) is 0 Å². The van der Waals surface area contributed by atoms with Gasteiger partial charge >= 0.3 is 5.69 Å². The van der Waals surface area contributed by atoms with Crippen molar-refractivity contribution in [1.29, 1.82) is 5.26 Å². The molecule has 0 aliphatic heterocycles. The smallest absolute Gasteiger partial charge is 0.311 e. The quantitative estimate of drug-likeness (QED) is 0.853. The van der Waals surface area contributed by atoms with E-state index in [1.165, 1.54) is 4.57 Å². The fraction of sp³-hybridized carbons (Fsp3) is 0. The van der Waals surface area contributed by atoms with Crippen molar-refractivity contribution in [1.82, 2.24) is 9.55 Å². The summed E-state index contributed by atoms with van der Waals surface area (Å²) in [6.07, 6.45) is 1.57. The van der Waals surface area contributed by atoms with E-state index in [0.717, 1.165) is 0 Å². The molecule has 0 unspecified atom stereocenters. The number of nitrogens with zero attached hydrogens (tertiary/aromatic N) is 2. The van der Waals surface area contributed by atoms with Gasteiger partial charge in [-0.25, -0.2) is 4.79 Å². The molecule has 1 aromatic heterocycles. The number of hydrogen-bond acceptors (Lipinski definition) is 2. The minimum Gasteiger partial charge on any atom is -0.311 e. The number of H-pyrrole nitrogens is 1. The summed E-state index contributed by atoms with van der Waals surface area (Å²) < 4.78 is 2.12. The van der Waals surface area contributed by atoms with Crippen molar-refractivity contribution >= 4 is 15.9 Å². The first-order chi connectivity index (χ1) is 7.22. The van der Waals surface area contributed by atoms with Gasteiger partial charge in [0.25, 0.3) is 0 Å². The molecule has 0 radical (unpaired) electrons. The summed E-state index contributed by atoms with van der Waals surface area (Å²) in [5.41, 5.74) is 1.07. The Bertz CT molecular complexity index is 574. The lowest BCUT2D eigenvalue weighted by molar-refractivity contribution is 0.967. The van der Waals surface area contributed by atoms with Crippen LogP contribution in [0.25, 0.3) is 5.69 Å². The molecule has 74 valence electrons. The molecule has 2 rings (SSSR count). The molecule has 0 aliphatic carbocycles. The number of aromatic amines is 1. The van der Waals surface area contributed by atoms with Crippen LogP contribution in [-0.4, -0.2) is 9.55 Å². The first-order valence-corrected chi connectivity index (χ1v) is 4.98. The first kappa shape index (κ1) is 9.74. The molecular formula is C10H6BrN3O. The molecule has 0 bridgehead atoms. The molecule has 0 aliphatic rings. The number of hydrogen-bond donors (Lipinski definition) is 1. The Morgan fingerprint density at radius 2 is 2.00 bits per heavy atom. The monoisotopic (exact) mass is 263 g/mol. The van der Waals surface area contributed by atoms with Gasteiger partial charge < -0.3 is 4.98 Å². The average Bonchev–Trinajstić information content (AvgIpc) is 2.59. The minimum absolute atomic E-state index is 0.216. The molecule has 1 N–H and O–H groups in total. The number of imidazole rings is 1. The van der Waals surface area contributed by atoms with E-state index in [0.29, 0.717) is 15.9 Å². The van der Waals surface area contributed by atoms with Gasteiger partial charge in [0.1, 0.15) is 4.60 Å². The third-order valence-electron chi connectivity index (χ3n) is 1.99. The highest BCUT2D eigenvalue weighted by molar-refractivity contribution is 9.10. The van der Waals surface area contributed by atoms with Crippen molar-refractivity contribution in [2.24, 2.45) is 0 Å². The van der Waals surface area contributed by atoms with Crippen LogP contribution in [0.5, 0.6) is 0 Å². The molecule has 5 heteroatoms. The van der Waals surface area contributed by atoms with E-state index >= 15 is 0 Å². The lowest BCUT2D eigenvalue weighted by Gasteiger charge is -2.01. The van der Waals surface area contributed by atoms with E-state index in [4.69, 9.17) is 5.26 Å². The summed E-state index contributed by atoms with van der Waals surface area (Å²) in [7, 11) is 0. The fourth-order valence-electron chi connectivity index (χ4n) is 1.27. The highest BCUT2D eigenvalue weighted by Gasteiger charge is 2.05. The Kier molecular flexibility index (Phi) is 2.44. The second kappa shape index (κ2) is 3.75. The van der Waals surface area contributed by atoms with Crippen LogP contribution in [0, 0.1) is 11.3 Å². The highest BCUT2D eigenvalue weighted by Crippen LogP contribution is 2.13. The molecule has 1 heterocycles. The van der Waals surface area contributed by atoms with Crippen LogP contribution in [0.2, 0.25) is 0 Å². The first-order valence-electron chi connectivity index (χ1n) is 4.19. The second-order valence-corrected chi connectivity index (χ2v) is 3.72. The molecular weight excluding hydrogens is 258 g/mol. The van der Waals surface area contributed by atoms with Crippen LogP contribution in [0.4, 0.5) is 0 Å². The molecule has 0 saturated carbocycles. The van der Waals surface area contributed by atoms with Gasteiger partial charge in [-0.2, -0.15) is 5.26 Å². The number of benzene rings is 1. The van der Waals surface area contributed by atoms with Gasteiger partial charge in [-0.05, 0) is 40.2 Å². The van der Waals surface area contributed by atoms with Gasteiger partial charge in [0.05, 0.1) is 17.3 Å². The second-order valence-electron chi connectivity index (χ2n) is 2.91. The van der Waals surface area contributed by atoms with Crippen LogP contribution in [0.3, 0.4) is 0 Å². The number of nitrogens with one attached hydrogen (secondary N) is 1. The lowest BCUT2D eigenvalue weighted by atomic mass is 10.2. The fourth-order valence-corrected chi connectivity index (χ4v) is 1.75. The van der Waals surface area contributed by atoms with E-state index in [1.54, 1.807) is 30.5 Å². The number of nitriles is 1. The molecule has 2 aromatic rings. The minimum atomic E-state index is -0.216. The predicted molar refractivity (Wildman–Crippen MR) is 58.8 cm³/mol. The summed E-state index contributed by atoms with van der Waals surface area (Å²) in [6, 6.07) is 8.80. The number of halogens is 1. The van der Waals surface area contributed by atoms with Crippen molar-refractivity contribution in [3.63, 3.8) is 0 Å². The molecule has 15 heavy (non-hydrogen) atoms. The Balaban J connectivity index is 2.56. The van der Waals surface area contributed by atoms with Gasteiger partial charge in [-0.1, -0.05) is 0 Å². The van der Waals surface area contributed by atoms with Crippen LogP contribution in [-0.2, 0) is 0 Å². The van der Waals surface area contributed by atoms with Crippen molar-refractivity contribution < 1.29 is 0 Å². The Morgan fingerprint density at radius 1 is 1.33 bits per heavy atom. The zero-order valence-electron chi connectivity index (χ0n) is 7.57. The summed E-state index contributed by atoms with van der Waals surface area (Å²) in [4.78, 5) is 14.0. The Hall–Kier alpha value is -1.80. The molecule has 0 amide bonds. The molecule has 1 aromatic carbocycles.